The lowest BCUT2D eigenvalue weighted by Crippen LogP contribution is -2.14. The molecule has 0 atom stereocenters. The lowest BCUT2D eigenvalue weighted by molar-refractivity contribution is 0.641. The van der Waals surface area contributed by atoms with Crippen LogP contribution in [0, 0.1) is 12.8 Å². The van der Waals surface area contributed by atoms with Gasteiger partial charge in [0.25, 0.3) is 0 Å². The predicted octanol–water partition coefficient (Wildman–Crippen LogP) is 3.69. The minimum absolute atomic E-state index is 0.734. The molecule has 1 aromatic carbocycles. The number of hydrogen-bond acceptors (Lipinski definition) is 1. The summed E-state index contributed by atoms with van der Waals surface area (Å²) in [5, 5.41) is 3.45. The van der Waals surface area contributed by atoms with E-state index < -0.39 is 0 Å². The Hall–Kier alpha value is -0.820. The van der Waals surface area contributed by atoms with E-state index in [9.17, 15) is 0 Å². The largest absolute Gasteiger partial charge is 0.313 e. The van der Waals surface area contributed by atoms with Gasteiger partial charge in [0.15, 0.2) is 0 Å². The van der Waals surface area contributed by atoms with Crippen molar-refractivity contribution in [2.24, 2.45) is 5.92 Å². The van der Waals surface area contributed by atoms with Crippen molar-refractivity contribution in [3.63, 3.8) is 0 Å². The van der Waals surface area contributed by atoms with Crippen LogP contribution in [0.4, 0.5) is 0 Å². The molecule has 1 heteroatoms. The van der Waals surface area contributed by atoms with Crippen molar-refractivity contribution in [1.29, 1.82) is 0 Å². The van der Waals surface area contributed by atoms with E-state index in [1.807, 2.05) is 0 Å². The van der Waals surface area contributed by atoms with Gasteiger partial charge in [-0.15, -0.1) is 0 Å². The molecule has 1 aromatic rings. The second kappa shape index (κ2) is 6.70. The Morgan fingerprint density at radius 1 is 1.25 bits per heavy atom. The first kappa shape index (κ1) is 13.2. The summed E-state index contributed by atoms with van der Waals surface area (Å²) in [7, 11) is 0. The Labute approximate surface area is 100 Å². The zero-order valence-corrected chi connectivity index (χ0v) is 11.1. The van der Waals surface area contributed by atoms with Gasteiger partial charge in [0, 0.05) is 6.54 Å². The third-order valence-corrected chi connectivity index (χ3v) is 2.80. The SMILES string of the molecule is CCCNCc1ccc(C)c(CC(C)C)c1. The highest BCUT2D eigenvalue weighted by Gasteiger charge is 2.03. The molecular weight excluding hydrogens is 194 g/mol. The zero-order chi connectivity index (χ0) is 12.0. The average Bonchev–Trinajstić information content (AvgIpc) is 2.22. The fraction of sp³-hybridized carbons (Fsp3) is 0.600. The quantitative estimate of drug-likeness (QED) is 0.719. The van der Waals surface area contributed by atoms with Crippen LogP contribution in [0.25, 0.3) is 0 Å². The van der Waals surface area contributed by atoms with Crippen molar-refractivity contribution in [2.45, 2.75) is 47.1 Å². The molecular formula is C15H25N. The lowest BCUT2D eigenvalue weighted by Gasteiger charge is -2.11. The van der Waals surface area contributed by atoms with E-state index in [0.717, 1.165) is 19.0 Å². The van der Waals surface area contributed by atoms with Crippen LogP contribution in [0.3, 0.4) is 0 Å². The van der Waals surface area contributed by atoms with E-state index in [1.54, 1.807) is 0 Å². The minimum Gasteiger partial charge on any atom is -0.313 e. The number of hydrogen-bond donors (Lipinski definition) is 1. The normalized spacial score (nSPS) is 11.1. The van der Waals surface area contributed by atoms with E-state index in [4.69, 9.17) is 0 Å². The molecule has 0 radical (unpaired) electrons. The van der Waals surface area contributed by atoms with Crippen LogP contribution in [-0.4, -0.2) is 6.54 Å². The van der Waals surface area contributed by atoms with Gasteiger partial charge in [-0.25, -0.2) is 0 Å². The first-order valence-electron chi connectivity index (χ1n) is 6.42. The summed E-state index contributed by atoms with van der Waals surface area (Å²) in [4.78, 5) is 0. The molecule has 0 spiro atoms. The van der Waals surface area contributed by atoms with Gasteiger partial charge in [-0.05, 0) is 48.9 Å². The first-order valence-corrected chi connectivity index (χ1v) is 6.42. The van der Waals surface area contributed by atoms with E-state index in [2.05, 4.69) is 51.2 Å². The van der Waals surface area contributed by atoms with Crippen molar-refractivity contribution in [3.8, 4) is 0 Å². The maximum absolute atomic E-state index is 3.45. The molecule has 1 nitrogen and oxygen atoms in total. The fourth-order valence-corrected chi connectivity index (χ4v) is 1.90. The molecule has 90 valence electrons. The molecule has 0 aliphatic heterocycles. The summed E-state index contributed by atoms with van der Waals surface area (Å²) in [6.45, 7) is 11.1. The molecule has 0 heterocycles. The second-order valence-electron chi connectivity index (χ2n) is 5.04. The van der Waals surface area contributed by atoms with Crippen LogP contribution < -0.4 is 5.32 Å². The summed E-state index contributed by atoms with van der Waals surface area (Å²) in [6, 6.07) is 6.85. The van der Waals surface area contributed by atoms with Crippen LogP contribution in [0.5, 0.6) is 0 Å². The van der Waals surface area contributed by atoms with Gasteiger partial charge < -0.3 is 5.32 Å². The summed E-state index contributed by atoms with van der Waals surface area (Å²) in [5.74, 6) is 0.734. The molecule has 0 amide bonds. The van der Waals surface area contributed by atoms with E-state index in [1.165, 1.54) is 29.5 Å². The molecule has 0 saturated carbocycles. The maximum atomic E-state index is 3.45. The fourth-order valence-electron chi connectivity index (χ4n) is 1.90. The van der Waals surface area contributed by atoms with Gasteiger partial charge in [-0.2, -0.15) is 0 Å². The Morgan fingerprint density at radius 2 is 2.00 bits per heavy atom. The predicted molar refractivity (Wildman–Crippen MR) is 71.7 cm³/mol. The first-order chi connectivity index (χ1) is 7.63. The Bertz CT molecular complexity index is 315. The Kier molecular flexibility index (Phi) is 5.54. The number of benzene rings is 1. The highest BCUT2D eigenvalue weighted by molar-refractivity contribution is 5.31. The summed E-state index contributed by atoms with van der Waals surface area (Å²) in [6.07, 6.45) is 2.39. The molecule has 16 heavy (non-hydrogen) atoms. The van der Waals surface area contributed by atoms with Crippen molar-refractivity contribution >= 4 is 0 Å². The monoisotopic (exact) mass is 219 g/mol. The second-order valence-corrected chi connectivity index (χ2v) is 5.04. The van der Waals surface area contributed by atoms with Gasteiger partial charge >= 0.3 is 0 Å². The number of aryl methyl sites for hydroxylation is 1. The standard InChI is InChI=1S/C15H25N/c1-5-8-16-11-14-7-6-13(4)15(10-14)9-12(2)3/h6-7,10,12,16H,5,8-9,11H2,1-4H3. The molecule has 0 bridgehead atoms. The Morgan fingerprint density at radius 3 is 2.62 bits per heavy atom. The summed E-state index contributed by atoms with van der Waals surface area (Å²) >= 11 is 0. The van der Waals surface area contributed by atoms with Gasteiger partial charge in [-0.1, -0.05) is 39.0 Å². The molecule has 1 N–H and O–H groups in total. The molecule has 0 aromatic heterocycles. The van der Waals surface area contributed by atoms with Gasteiger partial charge in [0.2, 0.25) is 0 Å². The number of rotatable bonds is 6. The van der Waals surface area contributed by atoms with Crippen LogP contribution in [0.2, 0.25) is 0 Å². The molecule has 0 saturated heterocycles. The topological polar surface area (TPSA) is 12.0 Å². The van der Waals surface area contributed by atoms with Gasteiger partial charge in [0.1, 0.15) is 0 Å². The Balaban J connectivity index is 2.65. The van der Waals surface area contributed by atoms with Crippen LogP contribution in [0.1, 0.15) is 43.9 Å². The highest BCUT2D eigenvalue weighted by atomic mass is 14.8. The van der Waals surface area contributed by atoms with Crippen molar-refractivity contribution in [3.05, 3.63) is 34.9 Å². The third-order valence-electron chi connectivity index (χ3n) is 2.80. The van der Waals surface area contributed by atoms with Crippen molar-refractivity contribution < 1.29 is 0 Å². The van der Waals surface area contributed by atoms with E-state index in [-0.39, 0.29) is 0 Å². The zero-order valence-electron chi connectivity index (χ0n) is 11.1. The average molecular weight is 219 g/mol. The summed E-state index contributed by atoms with van der Waals surface area (Å²) < 4.78 is 0. The van der Waals surface area contributed by atoms with Gasteiger partial charge in [-0.3, -0.25) is 0 Å². The van der Waals surface area contributed by atoms with E-state index in [0.29, 0.717) is 0 Å². The van der Waals surface area contributed by atoms with Crippen LogP contribution in [-0.2, 0) is 13.0 Å². The van der Waals surface area contributed by atoms with Crippen LogP contribution >= 0.6 is 0 Å². The lowest BCUT2D eigenvalue weighted by atomic mass is 9.97. The molecule has 0 aliphatic carbocycles. The van der Waals surface area contributed by atoms with E-state index >= 15 is 0 Å². The smallest absolute Gasteiger partial charge is 0.0205 e. The van der Waals surface area contributed by atoms with Crippen molar-refractivity contribution in [2.75, 3.05) is 6.54 Å². The summed E-state index contributed by atoms with van der Waals surface area (Å²) in [5.41, 5.74) is 4.34. The maximum Gasteiger partial charge on any atom is 0.0205 e. The minimum atomic E-state index is 0.734. The van der Waals surface area contributed by atoms with Gasteiger partial charge in [0.05, 0.1) is 0 Å². The highest BCUT2D eigenvalue weighted by Crippen LogP contribution is 2.15. The number of nitrogens with one attached hydrogen (secondary N) is 1. The third kappa shape index (κ3) is 4.36. The molecule has 0 unspecified atom stereocenters. The van der Waals surface area contributed by atoms with Crippen LogP contribution in [0.15, 0.2) is 18.2 Å². The molecule has 0 fully saturated rings. The molecule has 0 aliphatic rings. The molecule has 1 rings (SSSR count). The van der Waals surface area contributed by atoms with Crippen molar-refractivity contribution in [1.82, 2.24) is 5.32 Å².